The lowest BCUT2D eigenvalue weighted by atomic mass is 10.2. The first kappa shape index (κ1) is 18.7. The van der Waals surface area contributed by atoms with Crippen LogP contribution in [-0.2, 0) is 14.3 Å². The molecule has 0 bridgehead atoms. The molecule has 0 aromatic heterocycles. The number of hydrogen-bond donors (Lipinski definition) is 1. The molecule has 0 aliphatic rings. The molecule has 0 radical (unpaired) electrons. The van der Waals surface area contributed by atoms with Crippen LogP contribution in [0.3, 0.4) is 0 Å². The van der Waals surface area contributed by atoms with Crippen molar-refractivity contribution in [3.05, 3.63) is 59.4 Å². The van der Waals surface area contributed by atoms with Gasteiger partial charge in [-0.25, -0.2) is 9.18 Å². The maximum atomic E-state index is 13.6. The van der Waals surface area contributed by atoms with Gasteiger partial charge in [-0.1, -0.05) is 36.7 Å². The van der Waals surface area contributed by atoms with E-state index in [2.05, 4.69) is 5.32 Å². The second kappa shape index (κ2) is 9.03. The molecule has 0 heterocycles. The number of halogens is 2. The lowest BCUT2D eigenvalue weighted by Gasteiger charge is -2.16. The van der Waals surface area contributed by atoms with Gasteiger partial charge < -0.3 is 14.8 Å². The zero-order valence-electron chi connectivity index (χ0n) is 13.5. The summed E-state index contributed by atoms with van der Waals surface area (Å²) < 4.78 is 24.0. The lowest BCUT2D eigenvalue weighted by Crippen LogP contribution is -2.31. The van der Waals surface area contributed by atoms with Crippen LogP contribution in [0.1, 0.15) is 13.3 Å². The topological polar surface area (TPSA) is 64.6 Å². The Bertz CT molecular complexity index is 739. The van der Waals surface area contributed by atoms with Crippen LogP contribution in [0.4, 0.5) is 10.1 Å². The molecule has 1 amide bonds. The fourth-order valence-electron chi connectivity index (χ4n) is 1.97. The number of benzene rings is 2. The predicted octanol–water partition coefficient (Wildman–Crippen LogP) is 3.82. The summed E-state index contributed by atoms with van der Waals surface area (Å²) in [6, 6.07) is 12.6. The average Bonchev–Trinajstić information content (AvgIpc) is 2.61. The standard InChI is InChI=1S/C18H17ClFNO4/c1-2-16(25-13-6-4-3-5-7-13)18(23)24-11-17(22)21-15-10-12(19)8-9-14(15)20/h3-10,16H,2,11H2,1H3,(H,21,22)/t16-/m1/s1. The third-order valence-corrected chi connectivity index (χ3v) is 3.44. The summed E-state index contributed by atoms with van der Waals surface area (Å²) >= 11 is 5.75. The summed E-state index contributed by atoms with van der Waals surface area (Å²) in [6.45, 7) is 1.20. The number of para-hydroxylation sites is 1. The summed E-state index contributed by atoms with van der Waals surface area (Å²) in [4.78, 5) is 23.8. The Hall–Kier alpha value is -2.60. The highest BCUT2D eigenvalue weighted by atomic mass is 35.5. The molecular weight excluding hydrogens is 349 g/mol. The normalized spacial score (nSPS) is 11.5. The minimum atomic E-state index is -0.835. The van der Waals surface area contributed by atoms with Gasteiger partial charge in [0, 0.05) is 5.02 Å². The minimum absolute atomic E-state index is 0.0823. The Morgan fingerprint density at radius 3 is 2.60 bits per heavy atom. The highest BCUT2D eigenvalue weighted by Crippen LogP contribution is 2.19. The van der Waals surface area contributed by atoms with Gasteiger partial charge >= 0.3 is 5.97 Å². The summed E-state index contributed by atoms with van der Waals surface area (Å²) in [5.41, 5.74) is -0.0823. The fraction of sp³-hybridized carbons (Fsp3) is 0.222. The second-order valence-electron chi connectivity index (χ2n) is 5.11. The molecule has 25 heavy (non-hydrogen) atoms. The Morgan fingerprint density at radius 1 is 1.20 bits per heavy atom. The van der Waals surface area contributed by atoms with Crippen LogP contribution in [0.5, 0.6) is 5.75 Å². The number of nitrogens with one attached hydrogen (secondary N) is 1. The van der Waals surface area contributed by atoms with Crippen LogP contribution < -0.4 is 10.1 Å². The Balaban J connectivity index is 1.87. The zero-order chi connectivity index (χ0) is 18.2. The summed E-state index contributed by atoms with van der Waals surface area (Å²) in [5, 5.41) is 2.57. The van der Waals surface area contributed by atoms with E-state index >= 15 is 0 Å². The molecule has 0 spiro atoms. The smallest absolute Gasteiger partial charge is 0.347 e. The summed E-state index contributed by atoms with van der Waals surface area (Å²) in [7, 11) is 0. The number of ether oxygens (including phenoxy) is 2. The van der Waals surface area contributed by atoms with Crippen LogP contribution in [-0.4, -0.2) is 24.6 Å². The molecule has 1 atom stereocenters. The molecular formula is C18H17ClFNO4. The third-order valence-electron chi connectivity index (χ3n) is 3.20. The van der Waals surface area contributed by atoms with E-state index in [4.69, 9.17) is 21.1 Å². The maximum absolute atomic E-state index is 13.6. The van der Waals surface area contributed by atoms with Crippen molar-refractivity contribution in [2.45, 2.75) is 19.4 Å². The van der Waals surface area contributed by atoms with Crippen molar-refractivity contribution in [1.29, 1.82) is 0 Å². The summed E-state index contributed by atoms with van der Waals surface area (Å²) in [6.07, 6.45) is -0.462. The Kier molecular flexibility index (Phi) is 6.77. The molecule has 0 aliphatic carbocycles. The van der Waals surface area contributed by atoms with E-state index in [1.165, 1.54) is 12.1 Å². The van der Waals surface area contributed by atoms with Gasteiger partial charge in [0.15, 0.2) is 12.7 Å². The molecule has 0 fully saturated rings. The monoisotopic (exact) mass is 365 g/mol. The molecule has 7 heteroatoms. The molecule has 0 unspecified atom stereocenters. The highest BCUT2D eigenvalue weighted by Gasteiger charge is 2.21. The van der Waals surface area contributed by atoms with Crippen molar-refractivity contribution in [2.24, 2.45) is 0 Å². The molecule has 1 N–H and O–H groups in total. The largest absolute Gasteiger partial charge is 0.479 e. The van der Waals surface area contributed by atoms with E-state index in [1.54, 1.807) is 31.2 Å². The maximum Gasteiger partial charge on any atom is 0.347 e. The quantitative estimate of drug-likeness (QED) is 0.757. The molecule has 2 aromatic carbocycles. The zero-order valence-corrected chi connectivity index (χ0v) is 14.3. The minimum Gasteiger partial charge on any atom is -0.479 e. The van der Waals surface area contributed by atoms with E-state index < -0.39 is 30.4 Å². The van der Waals surface area contributed by atoms with Crippen molar-refractivity contribution in [2.75, 3.05) is 11.9 Å². The van der Waals surface area contributed by atoms with Crippen LogP contribution in [0.25, 0.3) is 0 Å². The van der Waals surface area contributed by atoms with Crippen molar-refractivity contribution < 1.29 is 23.5 Å². The predicted molar refractivity (Wildman–Crippen MR) is 92.1 cm³/mol. The number of carbonyl (C=O) groups is 2. The van der Waals surface area contributed by atoms with Gasteiger partial charge in [0.2, 0.25) is 0 Å². The first-order chi connectivity index (χ1) is 12.0. The van der Waals surface area contributed by atoms with E-state index in [0.717, 1.165) is 6.07 Å². The molecule has 2 aromatic rings. The van der Waals surface area contributed by atoms with Gasteiger partial charge in [0.25, 0.3) is 5.91 Å². The highest BCUT2D eigenvalue weighted by molar-refractivity contribution is 6.30. The van der Waals surface area contributed by atoms with Gasteiger partial charge in [-0.15, -0.1) is 0 Å². The Labute approximate surface area is 149 Å². The van der Waals surface area contributed by atoms with Gasteiger partial charge in [-0.2, -0.15) is 0 Å². The molecule has 0 saturated heterocycles. The lowest BCUT2D eigenvalue weighted by molar-refractivity contribution is -0.154. The first-order valence-corrected chi connectivity index (χ1v) is 8.00. The van der Waals surface area contributed by atoms with Crippen molar-refractivity contribution in [3.8, 4) is 5.75 Å². The first-order valence-electron chi connectivity index (χ1n) is 7.63. The Morgan fingerprint density at radius 2 is 1.92 bits per heavy atom. The number of esters is 1. The van der Waals surface area contributed by atoms with Crippen LogP contribution in [0.15, 0.2) is 48.5 Å². The SMILES string of the molecule is CC[C@@H](Oc1ccccc1)C(=O)OCC(=O)Nc1cc(Cl)ccc1F. The number of carbonyl (C=O) groups excluding carboxylic acids is 2. The van der Waals surface area contributed by atoms with E-state index in [0.29, 0.717) is 12.2 Å². The van der Waals surface area contributed by atoms with E-state index in [1.807, 2.05) is 6.07 Å². The van der Waals surface area contributed by atoms with E-state index in [9.17, 15) is 14.0 Å². The number of hydrogen-bond acceptors (Lipinski definition) is 4. The third kappa shape index (κ3) is 5.76. The molecule has 132 valence electrons. The molecule has 0 aliphatic heterocycles. The fourth-order valence-corrected chi connectivity index (χ4v) is 2.14. The number of anilines is 1. The van der Waals surface area contributed by atoms with Crippen LogP contribution in [0, 0.1) is 5.82 Å². The van der Waals surface area contributed by atoms with Gasteiger partial charge in [-0.05, 0) is 36.8 Å². The second-order valence-corrected chi connectivity index (χ2v) is 5.54. The average molecular weight is 366 g/mol. The number of rotatable bonds is 7. The number of amides is 1. The van der Waals surface area contributed by atoms with Crippen molar-refractivity contribution in [3.63, 3.8) is 0 Å². The molecule has 5 nitrogen and oxygen atoms in total. The van der Waals surface area contributed by atoms with Crippen LogP contribution in [0.2, 0.25) is 5.02 Å². The van der Waals surface area contributed by atoms with Crippen LogP contribution >= 0.6 is 11.6 Å². The van der Waals surface area contributed by atoms with Gasteiger partial charge in [0.05, 0.1) is 5.69 Å². The molecule has 0 saturated carbocycles. The van der Waals surface area contributed by atoms with Gasteiger partial charge in [0.1, 0.15) is 11.6 Å². The summed E-state index contributed by atoms with van der Waals surface area (Å²) in [5.74, 6) is -1.46. The van der Waals surface area contributed by atoms with Gasteiger partial charge in [-0.3, -0.25) is 4.79 Å². The van der Waals surface area contributed by atoms with E-state index in [-0.39, 0.29) is 10.7 Å². The molecule has 2 rings (SSSR count). The van der Waals surface area contributed by atoms with Crippen molar-refractivity contribution in [1.82, 2.24) is 0 Å². The van der Waals surface area contributed by atoms with Crippen molar-refractivity contribution >= 4 is 29.2 Å².